The van der Waals surface area contributed by atoms with E-state index in [1.807, 2.05) is 36.4 Å². The maximum Gasteiger partial charge on any atom is 0.224 e. The third-order valence-electron chi connectivity index (χ3n) is 3.52. The van der Waals surface area contributed by atoms with Crippen molar-refractivity contribution in [1.29, 1.82) is 0 Å². The molecule has 0 saturated heterocycles. The number of aromatic amines is 1. The molecule has 1 amide bonds. The normalized spacial score (nSPS) is 10.6. The molecule has 0 bridgehead atoms. The summed E-state index contributed by atoms with van der Waals surface area (Å²) >= 11 is 0. The van der Waals surface area contributed by atoms with Gasteiger partial charge in [0.15, 0.2) is 0 Å². The minimum atomic E-state index is 0.0294. The van der Waals surface area contributed by atoms with Crippen LogP contribution in [0.4, 0.5) is 5.82 Å². The summed E-state index contributed by atoms with van der Waals surface area (Å²) in [6, 6.07) is 11.6. The summed E-state index contributed by atoms with van der Waals surface area (Å²) in [6.45, 7) is 1.42. The quantitative estimate of drug-likeness (QED) is 0.584. The molecule has 0 fully saturated rings. The molecule has 23 heavy (non-hydrogen) atoms. The molecule has 118 valence electrons. The van der Waals surface area contributed by atoms with E-state index in [-0.39, 0.29) is 5.91 Å². The van der Waals surface area contributed by atoms with Crippen LogP contribution in [-0.4, -0.2) is 34.2 Å². The predicted octanol–water partition coefficient (Wildman–Crippen LogP) is 2.12. The maximum absolute atomic E-state index is 12.0. The van der Waals surface area contributed by atoms with Crippen LogP contribution in [0.5, 0.6) is 0 Å². The Labute approximate surface area is 134 Å². The minimum Gasteiger partial charge on any atom is -0.370 e. The molecule has 0 aliphatic heterocycles. The molecule has 0 radical (unpaired) electrons. The molecule has 0 aliphatic carbocycles. The number of nitrogens with one attached hydrogen (secondary N) is 3. The Morgan fingerprint density at radius 3 is 3.00 bits per heavy atom. The van der Waals surface area contributed by atoms with Crippen LogP contribution in [-0.2, 0) is 11.2 Å². The maximum atomic E-state index is 12.0. The van der Waals surface area contributed by atoms with Gasteiger partial charge in [-0.2, -0.15) is 5.10 Å². The van der Waals surface area contributed by atoms with Gasteiger partial charge in [-0.05, 0) is 30.2 Å². The lowest BCUT2D eigenvalue weighted by Crippen LogP contribution is -2.27. The third kappa shape index (κ3) is 4.29. The van der Waals surface area contributed by atoms with Gasteiger partial charge < -0.3 is 10.6 Å². The van der Waals surface area contributed by atoms with Crippen LogP contribution in [0.25, 0.3) is 10.9 Å². The molecular weight excluding hydrogens is 290 g/mol. The summed E-state index contributed by atoms with van der Waals surface area (Å²) in [5, 5.41) is 14.1. The molecule has 3 N–H and O–H groups in total. The van der Waals surface area contributed by atoms with Gasteiger partial charge in [-0.25, -0.2) is 4.98 Å². The van der Waals surface area contributed by atoms with Gasteiger partial charge in [-0.15, -0.1) is 0 Å². The lowest BCUT2D eigenvalue weighted by atomic mass is 10.1. The first-order valence-electron chi connectivity index (χ1n) is 7.65. The number of amides is 1. The van der Waals surface area contributed by atoms with Crippen LogP contribution >= 0.6 is 0 Å². The Morgan fingerprint density at radius 2 is 2.13 bits per heavy atom. The van der Waals surface area contributed by atoms with Crippen molar-refractivity contribution in [2.24, 2.45) is 0 Å². The first-order chi connectivity index (χ1) is 11.3. The van der Waals surface area contributed by atoms with Crippen molar-refractivity contribution in [2.45, 2.75) is 12.8 Å². The Morgan fingerprint density at radius 1 is 1.17 bits per heavy atom. The van der Waals surface area contributed by atoms with Crippen LogP contribution in [0.3, 0.4) is 0 Å². The van der Waals surface area contributed by atoms with Gasteiger partial charge in [0.1, 0.15) is 5.82 Å². The number of benzene rings is 1. The fourth-order valence-electron chi connectivity index (χ4n) is 2.34. The van der Waals surface area contributed by atoms with Crippen LogP contribution in [0, 0.1) is 0 Å². The second-order valence-corrected chi connectivity index (χ2v) is 5.31. The molecule has 6 heteroatoms. The van der Waals surface area contributed by atoms with Crippen molar-refractivity contribution in [1.82, 2.24) is 20.5 Å². The van der Waals surface area contributed by atoms with E-state index in [0.29, 0.717) is 13.0 Å². The van der Waals surface area contributed by atoms with E-state index in [0.717, 1.165) is 35.2 Å². The number of aromatic nitrogens is 3. The average molecular weight is 309 g/mol. The standard InChI is InChI=1S/C17H19N5O/c23-17(11-13-5-6-14-12-21-22-15(14)10-13)20-9-3-8-19-16-4-1-2-7-18-16/h1-2,4-7,10,12H,3,8-9,11H2,(H,18,19)(H,20,23)(H,21,22). The second kappa shape index (κ2) is 7.40. The largest absolute Gasteiger partial charge is 0.370 e. The Balaban J connectivity index is 1.37. The molecule has 1 aromatic carbocycles. The number of hydrogen-bond donors (Lipinski definition) is 3. The summed E-state index contributed by atoms with van der Waals surface area (Å²) in [6.07, 6.45) is 4.75. The zero-order valence-corrected chi connectivity index (χ0v) is 12.7. The molecule has 2 aromatic heterocycles. The van der Waals surface area contributed by atoms with Crippen molar-refractivity contribution in [3.63, 3.8) is 0 Å². The number of fused-ring (bicyclic) bond motifs is 1. The summed E-state index contributed by atoms with van der Waals surface area (Å²) in [7, 11) is 0. The van der Waals surface area contributed by atoms with E-state index in [2.05, 4.69) is 25.8 Å². The zero-order chi connectivity index (χ0) is 15.9. The molecule has 3 rings (SSSR count). The van der Waals surface area contributed by atoms with Gasteiger partial charge in [-0.3, -0.25) is 9.89 Å². The van der Waals surface area contributed by atoms with E-state index in [9.17, 15) is 4.79 Å². The molecule has 0 aliphatic rings. The number of carbonyl (C=O) groups excluding carboxylic acids is 1. The number of pyridine rings is 1. The number of nitrogens with zero attached hydrogens (tertiary/aromatic N) is 2. The van der Waals surface area contributed by atoms with Gasteiger partial charge in [0.05, 0.1) is 18.1 Å². The van der Waals surface area contributed by atoms with Gasteiger partial charge in [0.25, 0.3) is 0 Å². The number of anilines is 1. The topological polar surface area (TPSA) is 82.7 Å². The summed E-state index contributed by atoms with van der Waals surface area (Å²) in [4.78, 5) is 16.1. The first kappa shape index (κ1) is 15.0. The molecule has 0 saturated carbocycles. The fraction of sp³-hybridized carbons (Fsp3) is 0.235. The van der Waals surface area contributed by atoms with Crippen LogP contribution < -0.4 is 10.6 Å². The minimum absolute atomic E-state index is 0.0294. The molecule has 6 nitrogen and oxygen atoms in total. The van der Waals surface area contributed by atoms with Crippen molar-refractivity contribution < 1.29 is 4.79 Å². The lowest BCUT2D eigenvalue weighted by molar-refractivity contribution is -0.120. The molecular formula is C17H19N5O. The molecule has 0 unspecified atom stereocenters. The Hall–Kier alpha value is -2.89. The third-order valence-corrected chi connectivity index (χ3v) is 3.52. The molecule has 3 aromatic rings. The van der Waals surface area contributed by atoms with Crippen LogP contribution in [0.1, 0.15) is 12.0 Å². The highest BCUT2D eigenvalue weighted by Crippen LogP contribution is 2.13. The van der Waals surface area contributed by atoms with Gasteiger partial charge in [0.2, 0.25) is 5.91 Å². The van der Waals surface area contributed by atoms with E-state index in [1.54, 1.807) is 12.4 Å². The van der Waals surface area contributed by atoms with Crippen molar-refractivity contribution in [3.05, 3.63) is 54.4 Å². The van der Waals surface area contributed by atoms with E-state index in [4.69, 9.17) is 0 Å². The van der Waals surface area contributed by atoms with E-state index >= 15 is 0 Å². The number of rotatable bonds is 7. The predicted molar refractivity (Wildman–Crippen MR) is 90.2 cm³/mol. The van der Waals surface area contributed by atoms with Gasteiger partial charge >= 0.3 is 0 Å². The lowest BCUT2D eigenvalue weighted by Gasteiger charge is -2.07. The van der Waals surface area contributed by atoms with E-state index in [1.165, 1.54) is 0 Å². The summed E-state index contributed by atoms with van der Waals surface area (Å²) < 4.78 is 0. The van der Waals surface area contributed by atoms with Crippen molar-refractivity contribution in [2.75, 3.05) is 18.4 Å². The van der Waals surface area contributed by atoms with Crippen molar-refractivity contribution in [3.8, 4) is 0 Å². The van der Waals surface area contributed by atoms with Crippen LogP contribution in [0.2, 0.25) is 0 Å². The van der Waals surface area contributed by atoms with Crippen molar-refractivity contribution >= 4 is 22.6 Å². The molecule has 0 spiro atoms. The average Bonchev–Trinajstić information content (AvgIpc) is 3.03. The van der Waals surface area contributed by atoms with Crippen LogP contribution in [0.15, 0.2) is 48.8 Å². The second-order valence-electron chi connectivity index (χ2n) is 5.31. The summed E-state index contributed by atoms with van der Waals surface area (Å²) in [5.74, 6) is 0.883. The highest BCUT2D eigenvalue weighted by molar-refractivity contribution is 5.82. The summed E-state index contributed by atoms with van der Waals surface area (Å²) in [5.41, 5.74) is 1.93. The first-order valence-corrected chi connectivity index (χ1v) is 7.65. The zero-order valence-electron chi connectivity index (χ0n) is 12.7. The Kier molecular flexibility index (Phi) is 4.83. The number of hydrogen-bond acceptors (Lipinski definition) is 4. The highest BCUT2D eigenvalue weighted by Gasteiger charge is 2.04. The molecule has 2 heterocycles. The number of H-pyrrole nitrogens is 1. The number of carbonyl (C=O) groups is 1. The SMILES string of the molecule is O=C(Cc1ccc2cn[nH]c2c1)NCCCNc1ccccn1. The monoisotopic (exact) mass is 309 g/mol. The van der Waals surface area contributed by atoms with E-state index < -0.39 is 0 Å². The highest BCUT2D eigenvalue weighted by atomic mass is 16.1. The smallest absolute Gasteiger partial charge is 0.224 e. The Bertz CT molecular complexity index is 769. The van der Waals surface area contributed by atoms with Gasteiger partial charge in [0, 0.05) is 24.7 Å². The molecule has 0 atom stereocenters. The fourth-order valence-corrected chi connectivity index (χ4v) is 2.34. The van der Waals surface area contributed by atoms with Gasteiger partial charge in [-0.1, -0.05) is 18.2 Å².